The van der Waals surface area contributed by atoms with Crippen LogP contribution in [0.15, 0.2) is 23.2 Å². The first-order valence-corrected chi connectivity index (χ1v) is 9.18. The second-order valence-corrected chi connectivity index (χ2v) is 6.19. The summed E-state index contributed by atoms with van der Waals surface area (Å²) in [7, 11) is 3.29. The Balaban J connectivity index is 1.97. The summed E-state index contributed by atoms with van der Waals surface area (Å²) >= 11 is 0. The maximum absolute atomic E-state index is 5.36. The van der Waals surface area contributed by atoms with Crippen molar-refractivity contribution >= 4 is 5.96 Å². The zero-order valence-electron chi connectivity index (χ0n) is 16.0. The van der Waals surface area contributed by atoms with Crippen LogP contribution in [0.1, 0.15) is 32.3 Å². The Bertz CT molecular complexity index is 562. The van der Waals surface area contributed by atoms with Crippen LogP contribution in [0.4, 0.5) is 0 Å². The van der Waals surface area contributed by atoms with E-state index in [9.17, 15) is 0 Å². The number of likely N-dealkylation sites (N-methyl/N-ethyl adjacent to an activating group) is 1. The molecule has 1 fully saturated rings. The zero-order valence-corrected chi connectivity index (χ0v) is 16.0. The van der Waals surface area contributed by atoms with Crippen molar-refractivity contribution < 1.29 is 9.47 Å². The molecule has 0 aliphatic carbocycles. The molecule has 2 N–H and O–H groups in total. The molecule has 140 valence electrons. The van der Waals surface area contributed by atoms with E-state index in [1.54, 1.807) is 14.2 Å². The van der Waals surface area contributed by atoms with Gasteiger partial charge in [0, 0.05) is 19.1 Å². The predicted molar refractivity (Wildman–Crippen MR) is 103 cm³/mol. The standard InChI is InChI=1S/C19H32N4O2/c1-5-20-19(22-14-16-8-7-11-23(16)6-2)21-13-15-9-10-17(24-3)18(12-15)25-4/h9-10,12,16H,5-8,11,13-14H2,1-4H3,(H2,20,21,22). The van der Waals surface area contributed by atoms with E-state index in [2.05, 4.69) is 29.4 Å². The Kier molecular flexibility index (Phi) is 7.85. The van der Waals surface area contributed by atoms with Crippen LogP contribution in [-0.2, 0) is 6.54 Å². The Morgan fingerprint density at radius 2 is 2.00 bits per heavy atom. The van der Waals surface area contributed by atoms with E-state index in [1.807, 2.05) is 18.2 Å². The van der Waals surface area contributed by atoms with Crippen LogP contribution in [-0.4, -0.2) is 57.3 Å². The van der Waals surface area contributed by atoms with E-state index in [-0.39, 0.29) is 0 Å². The van der Waals surface area contributed by atoms with Gasteiger partial charge in [0.25, 0.3) is 0 Å². The minimum atomic E-state index is 0.595. The average Bonchev–Trinajstić information content (AvgIpc) is 3.11. The molecule has 1 aromatic carbocycles. The van der Waals surface area contributed by atoms with Crippen molar-refractivity contribution in [2.75, 3.05) is 40.4 Å². The predicted octanol–water partition coefficient (Wildman–Crippen LogP) is 2.24. The number of aliphatic imine (C=N–C) groups is 1. The monoisotopic (exact) mass is 348 g/mol. The Labute approximate surface area is 151 Å². The number of hydrogen-bond acceptors (Lipinski definition) is 4. The van der Waals surface area contributed by atoms with Crippen LogP contribution < -0.4 is 20.1 Å². The molecule has 1 atom stereocenters. The van der Waals surface area contributed by atoms with Crippen molar-refractivity contribution in [1.29, 1.82) is 0 Å². The molecular weight excluding hydrogens is 316 g/mol. The highest BCUT2D eigenvalue weighted by Crippen LogP contribution is 2.27. The number of rotatable bonds is 8. The van der Waals surface area contributed by atoms with Gasteiger partial charge in [-0.1, -0.05) is 13.0 Å². The van der Waals surface area contributed by atoms with Crippen molar-refractivity contribution in [2.24, 2.45) is 4.99 Å². The number of nitrogens with zero attached hydrogens (tertiary/aromatic N) is 2. The summed E-state index contributed by atoms with van der Waals surface area (Å²) in [6.45, 7) is 9.02. The third-order valence-electron chi connectivity index (χ3n) is 4.62. The fourth-order valence-electron chi connectivity index (χ4n) is 3.25. The highest BCUT2D eigenvalue weighted by atomic mass is 16.5. The van der Waals surface area contributed by atoms with Gasteiger partial charge in [-0.05, 0) is 50.6 Å². The number of hydrogen-bond donors (Lipinski definition) is 2. The lowest BCUT2D eigenvalue weighted by molar-refractivity contribution is 0.267. The lowest BCUT2D eigenvalue weighted by Crippen LogP contribution is -2.44. The number of methoxy groups -OCH3 is 2. The maximum Gasteiger partial charge on any atom is 0.191 e. The Hall–Kier alpha value is -1.95. The molecule has 0 radical (unpaired) electrons. The largest absolute Gasteiger partial charge is 0.493 e. The van der Waals surface area contributed by atoms with Crippen LogP contribution in [0.25, 0.3) is 0 Å². The van der Waals surface area contributed by atoms with Crippen molar-refractivity contribution in [2.45, 2.75) is 39.3 Å². The summed E-state index contributed by atoms with van der Waals surface area (Å²) in [6, 6.07) is 6.52. The fraction of sp³-hybridized carbons (Fsp3) is 0.632. The summed E-state index contributed by atoms with van der Waals surface area (Å²) in [5.41, 5.74) is 1.09. The summed E-state index contributed by atoms with van der Waals surface area (Å²) < 4.78 is 10.6. The number of benzene rings is 1. The Morgan fingerprint density at radius 3 is 2.68 bits per heavy atom. The van der Waals surface area contributed by atoms with Gasteiger partial charge in [0.05, 0.1) is 20.8 Å². The normalized spacial score (nSPS) is 18.2. The van der Waals surface area contributed by atoms with E-state index >= 15 is 0 Å². The summed E-state index contributed by atoms with van der Waals surface area (Å²) in [5.74, 6) is 2.33. The van der Waals surface area contributed by atoms with Crippen LogP contribution >= 0.6 is 0 Å². The van der Waals surface area contributed by atoms with Gasteiger partial charge in [0.2, 0.25) is 0 Å². The maximum atomic E-state index is 5.36. The SMILES string of the molecule is CCNC(=NCc1ccc(OC)c(OC)c1)NCC1CCCN1CC. The van der Waals surface area contributed by atoms with Gasteiger partial charge in [-0.15, -0.1) is 0 Å². The second-order valence-electron chi connectivity index (χ2n) is 6.19. The molecule has 0 saturated carbocycles. The zero-order chi connectivity index (χ0) is 18.1. The molecule has 1 aliphatic heterocycles. The quantitative estimate of drug-likeness (QED) is 0.557. The summed E-state index contributed by atoms with van der Waals surface area (Å²) in [5, 5.41) is 6.81. The topological polar surface area (TPSA) is 58.1 Å². The molecule has 1 heterocycles. The third-order valence-corrected chi connectivity index (χ3v) is 4.62. The van der Waals surface area contributed by atoms with Gasteiger partial charge in [0.1, 0.15) is 0 Å². The molecule has 25 heavy (non-hydrogen) atoms. The van der Waals surface area contributed by atoms with Gasteiger partial charge in [-0.3, -0.25) is 4.90 Å². The number of guanidine groups is 1. The fourth-order valence-corrected chi connectivity index (χ4v) is 3.25. The van der Waals surface area contributed by atoms with E-state index in [0.717, 1.165) is 42.7 Å². The molecule has 1 saturated heterocycles. The first-order valence-electron chi connectivity index (χ1n) is 9.18. The van der Waals surface area contributed by atoms with Gasteiger partial charge < -0.3 is 20.1 Å². The molecule has 0 spiro atoms. The first-order chi connectivity index (χ1) is 12.2. The van der Waals surface area contributed by atoms with E-state index in [0.29, 0.717) is 12.6 Å². The summed E-state index contributed by atoms with van der Waals surface area (Å²) in [4.78, 5) is 7.24. The van der Waals surface area contributed by atoms with Gasteiger partial charge in [0.15, 0.2) is 17.5 Å². The van der Waals surface area contributed by atoms with Gasteiger partial charge >= 0.3 is 0 Å². The molecule has 6 nitrogen and oxygen atoms in total. The van der Waals surface area contributed by atoms with Gasteiger partial charge in [-0.2, -0.15) is 0 Å². The highest BCUT2D eigenvalue weighted by Gasteiger charge is 2.22. The molecule has 1 aromatic rings. The van der Waals surface area contributed by atoms with E-state index in [1.165, 1.54) is 19.4 Å². The third kappa shape index (κ3) is 5.53. The molecule has 0 bridgehead atoms. The first kappa shape index (κ1) is 19.4. The highest BCUT2D eigenvalue weighted by molar-refractivity contribution is 5.79. The van der Waals surface area contributed by atoms with Crippen molar-refractivity contribution in [3.8, 4) is 11.5 Å². The molecule has 0 aromatic heterocycles. The second kappa shape index (κ2) is 10.1. The molecule has 0 amide bonds. The molecule has 1 aliphatic rings. The van der Waals surface area contributed by atoms with Crippen molar-refractivity contribution in [1.82, 2.24) is 15.5 Å². The molecule has 1 unspecified atom stereocenters. The van der Waals surface area contributed by atoms with E-state index in [4.69, 9.17) is 14.5 Å². The minimum absolute atomic E-state index is 0.595. The van der Waals surface area contributed by atoms with Gasteiger partial charge in [-0.25, -0.2) is 4.99 Å². The van der Waals surface area contributed by atoms with Crippen LogP contribution in [0.2, 0.25) is 0 Å². The molecule has 2 rings (SSSR count). The molecule has 6 heteroatoms. The van der Waals surface area contributed by atoms with Crippen molar-refractivity contribution in [3.63, 3.8) is 0 Å². The number of nitrogens with one attached hydrogen (secondary N) is 2. The average molecular weight is 348 g/mol. The van der Waals surface area contributed by atoms with Crippen LogP contribution in [0.3, 0.4) is 0 Å². The van der Waals surface area contributed by atoms with Crippen LogP contribution in [0.5, 0.6) is 11.5 Å². The van der Waals surface area contributed by atoms with Crippen LogP contribution in [0, 0.1) is 0 Å². The minimum Gasteiger partial charge on any atom is -0.493 e. The lowest BCUT2D eigenvalue weighted by Gasteiger charge is -2.24. The Morgan fingerprint density at radius 1 is 1.20 bits per heavy atom. The molecular formula is C19H32N4O2. The van der Waals surface area contributed by atoms with Crippen molar-refractivity contribution in [3.05, 3.63) is 23.8 Å². The number of likely N-dealkylation sites (tertiary alicyclic amines) is 1. The smallest absolute Gasteiger partial charge is 0.191 e. The van der Waals surface area contributed by atoms with E-state index < -0.39 is 0 Å². The number of ether oxygens (including phenoxy) is 2. The lowest BCUT2D eigenvalue weighted by atomic mass is 10.2. The summed E-state index contributed by atoms with van der Waals surface area (Å²) in [6.07, 6.45) is 2.55.